The van der Waals surface area contributed by atoms with Crippen LogP contribution < -0.4 is 10.6 Å². The minimum atomic E-state index is 0.191. The molecular weight excluding hydrogens is 390 g/mol. The van der Waals surface area contributed by atoms with Gasteiger partial charge in [-0.25, -0.2) is 9.98 Å². The predicted octanol–water partition coefficient (Wildman–Crippen LogP) is 4.14. The first-order chi connectivity index (χ1) is 15.2. The molecule has 1 saturated heterocycles. The smallest absolute Gasteiger partial charge is 0.226 e. The summed E-state index contributed by atoms with van der Waals surface area (Å²) < 4.78 is 11.6. The van der Waals surface area contributed by atoms with Crippen molar-refractivity contribution in [2.75, 3.05) is 26.2 Å². The standard InChI is InChI=1S/C24H31N5O2/c1-3-25-24(26-15-20-17-30-23(28-20)19-9-5-4-6-10-19)27-16-21(29-13-7-8-14-29)22-12-11-18(2)31-22/h4-6,9-12,17,21H,3,7-8,13-16H2,1-2H3,(H2,25,26,27). The number of nitrogens with zero attached hydrogens (tertiary/aromatic N) is 3. The second kappa shape index (κ2) is 10.3. The lowest BCUT2D eigenvalue weighted by atomic mass is 10.2. The summed E-state index contributed by atoms with van der Waals surface area (Å²) in [7, 11) is 0. The molecule has 7 nitrogen and oxygen atoms in total. The van der Waals surface area contributed by atoms with Crippen molar-refractivity contribution >= 4 is 5.96 Å². The number of rotatable bonds is 8. The predicted molar refractivity (Wildman–Crippen MR) is 122 cm³/mol. The molecule has 3 heterocycles. The van der Waals surface area contributed by atoms with E-state index in [0.29, 0.717) is 12.4 Å². The quantitative estimate of drug-likeness (QED) is 0.420. The summed E-state index contributed by atoms with van der Waals surface area (Å²) in [6.45, 7) is 8.21. The highest BCUT2D eigenvalue weighted by Crippen LogP contribution is 2.26. The molecule has 0 bridgehead atoms. The minimum absolute atomic E-state index is 0.191. The Morgan fingerprint density at radius 3 is 2.65 bits per heavy atom. The number of benzene rings is 1. The van der Waals surface area contributed by atoms with Gasteiger partial charge in [-0.15, -0.1) is 0 Å². The highest BCUT2D eigenvalue weighted by atomic mass is 16.3. The Balaban J connectivity index is 1.42. The number of likely N-dealkylation sites (tertiary alicyclic amines) is 1. The molecule has 1 fully saturated rings. The van der Waals surface area contributed by atoms with Gasteiger partial charge in [0.1, 0.15) is 23.5 Å². The second-order valence-corrected chi connectivity index (χ2v) is 7.79. The normalized spacial score (nSPS) is 15.9. The highest BCUT2D eigenvalue weighted by Gasteiger charge is 2.26. The van der Waals surface area contributed by atoms with E-state index in [1.54, 1.807) is 6.26 Å². The molecule has 2 aromatic heterocycles. The third-order valence-electron chi connectivity index (χ3n) is 5.45. The lowest BCUT2D eigenvalue weighted by Crippen LogP contribution is -2.42. The fourth-order valence-electron chi connectivity index (χ4n) is 3.88. The van der Waals surface area contributed by atoms with Crippen LogP contribution in [0.15, 0.2) is 62.6 Å². The van der Waals surface area contributed by atoms with E-state index >= 15 is 0 Å². The van der Waals surface area contributed by atoms with E-state index in [0.717, 1.165) is 54.9 Å². The van der Waals surface area contributed by atoms with Crippen molar-refractivity contribution in [3.05, 3.63) is 65.9 Å². The molecule has 3 aromatic rings. The van der Waals surface area contributed by atoms with Crippen LogP contribution in [-0.4, -0.2) is 42.0 Å². The molecule has 1 aliphatic rings. The Kier molecular flexibility index (Phi) is 7.04. The molecule has 0 spiro atoms. The zero-order valence-corrected chi connectivity index (χ0v) is 18.3. The Morgan fingerprint density at radius 1 is 1.13 bits per heavy atom. The van der Waals surface area contributed by atoms with Crippen LogP contribution in [-0.2, 0) is 6.54 Å². The first kappa shape index (κ1) is 21.2. The van der Waals surface area contributed by atoms with Crippen molar-refractivity contribution in [2.24, 2.45) is 4.99 Å². The van der Waals surface area contributed by atoms with Gasteiger partial charge in [-0.05, 0) is 64.0 Å². The summed E-state index contributed by atoms with van der Waals surface area (Å²) in [4.78, 5) is 11.8. The number of nitrogens with one attached hydrogen (secondary N) is 2. The third-order valence-corrected chi connectivity index (χ3v) is 5.45. The van der Waals surface area contributed by atoms with Crippen LogP contribution >= 0.6 is 0 Å². The fourth-order valence-corrected chi connectivity index (χ4v) is 3.88. The molecule has 1 aliphatic heterocycles. The Hall–Kier alpha value is -3.06. The number of guanidine groups is 1. The van der Waals surface area contributed by atoms with Gasteiger partial charge in [-0.3, -0.25) is 4.90 Å². The van der Waals surface area contributed by atoms with E-state index in [2.05, 4.69) is 33.5 Å². The fraction of sp³-hybridized carbons (Fsp3) is 0.417. The monoisotopic (exact) mass is 421 g/mol. The van der Waals surface area contributed by atoms with Crippen molar-refractivity contribution in [1.82, 2.24) is 20.5 Å². The summed E-state index contributed by atoms with van der Waals surface area (Å²) in [5.41, 5.74) is 1.76. The second-order valence-electron chi connectivity index (χ2n) is 7.79. The molecule has 1 unspecified atom stereocenters. The number of aliphatic imine (C=N–C) groups is 1. The molecule has 4 rings (SSSR count). The Labute approximate surface area is 183 Å². The van der Waals surface area contributed by atoms with E-state index in [9.17, 15) is 0 Å². The molecule has 0 amide bonds. The first-order valence-electron chi connectivity index (χ1n) is 11.1. The van der Waals surface area contributed by atoms with Crippen molar-refractivity contribution in [1.29, 1.82) is 0 Å². The van der Waals surface area contributed by atoms with Gasteiger partial charge in [0.2, 0.25) is 5.89 Å². The number of oxazole rings is 1. The maximum absolute atomic E-state index is 5.96. The van der Waals surface area contributed by atoms with E-state index in [1.807, 2.05) is 43.3 Å². The minimum Gasteiger partial charge on any atom is -0.465 e. The molecule has 2 N–H and O–H groups in total. The summed E-state index contributed by atoms with van der Waals surface area (Å²) in [5, 5.41) is 6.82. The van der Waals surface area contributed by atoms with Crippen molar-refractivity contribution in [3.8, 4) is 11.5 Å². The lowest BCUT2D eigenvalue weighted by molar-refractivity contribution is 0.213. The first-order valence-corrected chi connectivity index (χ1v) is 11.1. The molecule has 31 heavy (non-hydrogen) atoms. The van der Waals surface area contributed by atoms with E-state index < -0.39 is 0 Å². The number of furan rings is 1. The molecule has 0 radical (unpaired) electrons. The van der Waals surface area contributed by atoms with Crippen LogP contribution in [0.1, 0.15) is 43.0 Å². The number of aryl methyl sites for hydroxylation is 1. The number of hydrogen-bond acceptors (Lipinski definition) is 5. The van der Waals surface area contributed by atoms with E-state index in [-0.39, 0.29) is 6.04 Å². The van der Waals surface area contributed by atoms with Gasteiger partial charge in [-0.2, -0.15) is 0 Å². The molecule has 0 aliphatic carbocycles. The largest absolute Gasteiger partial charge is 0.465 e. The zero-order chi connectivity index (χ0) is 21.5. The molecule has 1 aromatic carbocycles. The Bertz CT molecular complexity index is 973. The van der Waals surface area contributed by atoms with E-state index in [1.165, 1.54) is 12.8 Å². The topological polar surface area (TPSA) is 78.8 Å². The van der Waals surface area contributed by atoms with Crippen LogP contribution in [0, 0.1) is 6.92 Å². The summed E-state index contributed by atoms with van der Waals surface area (Å²) >= 11 is 0. The molecular formula is C24H31N5O2. The molecule has 0 saturated carbocycles. The molecule has 164 valence electrons. The average molecular weight is 422 g/mol. The van der Waals surface area contributed by atoms with Gasteiger partial charge in [0.15, 0.2) is 5.96 Å². The van der Waals surface area contributed by atoms with Crippen LogP contribution in [0.4, 0.5) is 0 Å². The number of hydrogen-bond donors (Lipinski definition) is 2. The Morgan fingerprint density at radius 2 is 1.94 bits per heavy atom. The van der Waals surface area contributed by atoms with Crippen LogP contribution in [0.3, 0.4) is 0 Å². The summed E-state index contributed by atoms with van der Waals surface area (Å²) in [5.74, 6) is 3.33. The van der Waals surface area contributed by atoms with Gasteiger partial charge < -0.3 is 19.5 Å². The van der Waals surface area contributed by atoms with Crippen molar-refractivity contribution < 1.29 is 8.83 Å². The maximum atomic E-state index is 5.96. The van der Waals surface area contributed by atoms with Gasteiger partial charge in [0.05, 0.1) is 12.6 Å². The molecule has 1 atom stereocenters. The van der Waals surface area contributed by atoms with Gasteiger partial charge >= 0.3 is 0 Å². The maximum Gasteiger partial charge on any atom is 0.226 e. The molecule has 7 heteroatoms. The van der Waals surface area contributed by atoms with Crippen LogP contribution in [0.25, 0.3) is 11.5 Å². The van der Waals surface area contributed by atoms with Gasteiger partial charge in [0.25, 0.3) is 0 Å². The highest BCUT2D eigenvalue weighted by molar-refractivity contribution is 5.79. The number of aromatic nitrogens is 1. The zero-order valence-electron chi connectivity index (χ0n) is 18.3. The van der Waals surface area contributed by atoms with Crippen molar-refractivity contribution in [2.45, 2.75) is 39.3 Å². The van der Waals surface area contributed by atoms with Crippen LogP contribution in [0.2, 0.25) is 0 Å². The van der Waals surface area contributed by atoms with E-state index in [4.69, 9.17) is 13.8 Å². The van der Waals surface area contributed by atoms with Crippen LogP contribution in [0.5, 0.6) is 0 Å². The average Bonchev–Trinajstić information content (AvgIpc) is 3.55. The summed E-state index contributed by atoms with van der Waals surface area (Å²) in [6.07, 6.45) is 4.15. The van der Waals surface area contributed by atoms with Crippen molar-refractivity contribution in [3.63, 3.8) is 0 Å². The van der Waals surface area contributed by atoms with Gasteiger partial charge in [-0.1, -0.05) is 18.2 Å². The summed E-state index contributed by atoms with van der Waals surface area (Å²) in [6, 6.07) is 14.2. The SMILES string of the molecule is CCNC(=NCc1coc(-c2ccccc2)n1)NCC(c1ccc(C)o1)N1CCCC1. The third kappa shape index (κ3) is 5.55. The lowest BCUT2D eigenvalue weighted by Gasteiger charge is -2.26. The van der Waals surface area contributed by atoms with Gasteiger partial charge in [0, 0.05) is 18.7 Å².